The number of hydrogen-bond donors (Lipinski definition) is 1. The van der Waals surface area contributed by atoms with Crippen LogP contribution in [0.25, 0.3) is 0 Å². The van der Waals surface area contributed by atoms with Crippen LogP contribution >= 0.6 is 0 Å². The van der Waals surface area contributed by atoms with Crippen molar-refractivity contribution in [3.63, 3.8) is 0 Å². The molecule has 1 aliphatic carbocycles. The van der Waals surface area contributed by atoms with E-state index in [1.807, 2.05) is 13.0 Å². The van der Waals surface area contributed by atoms with Gasteiger partial charge in [0, 0.05) is 0 Å². The fourth-order valence-electron chi connectivity index (χ4n) is 2.20. The Balaban J connectivity index is 2.33. The summed E-state index contributed by atoms with van der Waals surface area (Å²) in [6.07, 6.45) is 10.6. The molecular formula is C12H22O. The van der Waals surface area contributed by atoms with E-state index in [0.717, 1.165) is 11.8 Å². The largest absolute Gasteiger partial charge is 0.389 e. The van der Waals surface area contributed by atoms with Crippen molar-refractivity contribution in [3.8, 4) is 0 Å². The first-order valence-corrected chi connectivity index (χ1v) is 5.58. The average molecular weight is 182 g/mol. The van der Waals surface area contributed by atoms with Gasteiger partial charge in [0.1, 0.15) is 0 Å². The third kappa shape index (κ3) is 3.95. The fraction of sp³-hybridized carbons (Fsp3) is 0.833. The van der Waals surface area contributed by atoms with Crippen molar-refractivity contribution in [1.82, 2.24) is 0 Å². The first-order valence-electron chi connectivity index (χ1n) is 5.58. The highest BCUT2D eigenvalue weighted by molar-refractivity contribution is 4.93. The SMILES string of the molecule is CCC1CCCC(/C=C/C(C)O)C1. The van der Waals surface area contributed by atoms with Crippen molar-refractivity contribution in [2.24, 2.45) is 11.8 Å². The maximum absolute atomic E-state index is 9.12. The Morgan fingerprint density at radius 2 is 2.23 bits per heavy atom. The molecule has 0 saturated heterocycles. The van der Waals surface area contributed by atoms with Crippen LogP contribution in [0.1, 0.15) is 46.0 Å². The zero-order valence-electron chi connectivity index (χ0n) is 8.87. The van der Waals surface area contributed by atoms with Gasteiger partial charge in [-0.2, -0.15) is 0 Å². The Labute approximate surface area is 81.9 Å². The molecule has 1 aliphatic rings. The smallest absolute Gasteiger partial charge is 0.0692 e. The van der Waals surface area contributed by atoms with Gasteiger partial charge in [0.15, 0.2) is 0 Å². The molecule has 1 saturated carbocycles. The second-order valence-corrected chi connectivity index (χ2v) is 4.33. The molecule has 0 aromatic heterocycles. The van der Waals surface area contributed by atoms with E-state index >= 15 is 0 Å². The van der Waals surface area contributed by atoms with Gasteiger partial charge in [-0.05, 0) is 31.6 Å². The second-order valence-electron chi connectivity index (χ2n) is 4.33. The van der Waals surface area contributed by atoms with E-state index in [0.29, 0.717) is 0 Å². The number of aliphatic hydroxyl groups excluding tert-OH is 1. The summed E-state index contributed by atoms with van der Waals surface area (Å²) >= 11 is 0. The summed E-state index contributed by atoms with van der Waals surface area (Å²) in [7, 11) is 0. The molecule has 0 aromatic carbocycles. The van der Waals surface area contributed by atoms with Crippen LogP contribution in [0.4, 0.5) is 0 Å². The fourth-order valence-corrected chi connectivity index (χ4v) is 2.20. The number of allylic oxidation sites excluding steroid dienone is 1. The molecule has 0 spiro atoms. The number of aliphatic hydroxyl groups is 1. The van der Waals surface area contributed by atoms with E-state index in [4.69, 9.17) is 5.11 Å². The topological polar surface area (TPSA) is 20.2 Å². The van der Waals surface area contributed by atoms with Gasteiger partial charge >= 0.3 is 0 Å². The molecule has 0 aromatic rings. The van der Waals surface area contributed by atoms with Crippen LogP contribution < -0.4 is 0 Å². The van der Waals surface area contributed by atoms with Gasteiger partial charge in [-0.3, -0.25) is 0 Å². The minimum Gasteiger partial charge on any atom is -0.389 e. The monoisotopic (exact) mass is 182 g/mol. The zero-order chi connectivity index (χ0) is 9.68. The summed E-state index contributed by atoms with van der Waals surface area (Å²) in [5, 5.41) is 9.12. The van der Waals surface area contributed by atoms with E-state index < -0.39 is 0 Å². The normalized spacial score (nSPS) is 32.2. The molecule has 0 radical (unpaired) electrons. The van der Waals surface area contributed by atoms with E-state index in [1.165, 1.54) is 32.1 Å². The molecule has 1 N–H and O–H groups in total. The zero-order valence-corrected chi connectivity index (χ0v) is 8.87. The van der Waals surface area contributed by atoms with Crippen LogP contribution in [0.2, 0.25) is 0 Å². The molecule has 3 atom stereocenters. The molecule has 0 amide bonds. The first kappa shape index (κ1) is 10.8. The number of rotatable bonds is 3. The van der Waals surface area contributed by atoms with Crippen LogP contribution in [-0.4, -0.2) is 11.2 Å². The summed E-state index contributed by atoms with van der Waals surface area (Å²) in [5.74, 6) is 1.66. The highest BCUT2D eigenvalue weighted by Crippen LogP contribution is 2.31. The summed E-state index contributed by atoms with van der Waals surface area (Å²) < 4.78 is 0. The van der Waals surface area contributed by atoms with Crippen molar-refractivity contribution in [1.29, 1.82) is 0 Å². The second kappa shape index (κ2) is 5.43. The van der Waals surface area contributed by atoms with Crippen molar-refractivity contribution < 1.29 is 5.11 Å². The highest BCUT2D eigenvalue weighted by atomic mass is 16.3. The molecule has 0 heterocycles. The molecular weight excluding hydrogens is 160 g/mol. The van der Waals surface area contributed by atoms with Gasteiger partial charge in [-0.15, -0.1) is 0 Å². The molecule has 0 bridgehead atoms. The van der Waals surface area contributed by atoms with Gasteiger partial charge in [-0.25, -0.2) is 0 Å². The predicted molar refractivity (Wildman–Crippen MR) is 56.6 cm³/mol. The summed E-state index contributed by atoms with van der Waals surface area (Å²) in [4.78, 5) is 0. The van der Waals surface area contributed by atoms with Crippen molar-refractivity contribution >= 4 is 0 Å². The quantitative estimate of drug-likeness (QED) is 0.665. The number of hydrogen-bond acceptors (Lipinski definition) is 1. The summed E-state index contributed by atoms with van der Waals surface area (Å²) in [6, 6.07) is 0. The maximum atomic E-state index is 9.12. The Morgan fingerprint density at radius 1 is 1.46 bits per heavy atom. The molecule has 1 nitrogen and oxygen atoms in total. The van der Waals surface area contributed by atoms with E-state index in [2.05, 4.69) is 13.0 Å². The van der Waals surface area contributed by atoms with Gasteiger partial charge in [-0.1, -0.05) is 38.3 Å². The lowest BCUT2D eigenvalue weighted by molar-refractivity contribution is 0.241. The van der Waals surface area contributed by atoms with Crippen LogP contribution in [-0.2, 0) is 0 Å². The van der Waals surface area contributed by atoms with E-state index in [1.54, 1.807) is 0 Å². The Kier molecular flexibility index (Phi) is 4.51. The lowest BCUT2D eigenvalue weighted by atomic mass is 9.80. The molecule has 1 rings (SSSR count). The first-order chi connectivity index (χ1) is 6.22. The summed E-state index contributed by atoms with van der Waals surface area (Å²) in [5.41, 5.74) is 0. The standard InChI is InChI=1S/C12H22O/c1-3-11-5-4-6-12(9-11)8-7-10(2)13/h7-8,10-13H,3-6,9H2,1-2H3/b8-7+. The third-order valence-corrected chi connectivity index (χ3v) is 3.06. The Morgan fingerprint density at radius 3 is 2.85 bits per heavy atom. The van der Waals surface area contributed by atoms with Crippen LogP contribution in [0.3, 0.4) is 0 Å². The average Bonchev–Trinajstić information content (AvgIpc) is 2.15. The van der Waals surface area contributed by atoms with Crippen LogP contribution in [0, 0.1) is 11.8 Å². The maximum Gasteiger partial charge on any atom is 0.0692 e. The minimum absolute atomic E-state index is 0.276. The lowest BCUT2D eigenvalue weighted by Crippen LogP contribution is -2.13. The van der Waals surface area contributed by atoms with E-state index in [9.17, 15) is 0 Å². The minimum atomic E-state index is -0.276. The predicted octanol–water partition coefficient (Wildman–Crippen LogP) is 3.14. The van der Waals surface area contributed by atoms with Crippen LogP contribution in [0.15, 0.2) is 12.2 Å². The molecule has 1 fully saturated rings. The molecule has 13 heavy (non-hydrogen) atoms. The highest BCUT2D eigenvalue weighted by Gasteiger charge is 2.18. The van der Waals surface area contributed by atoms with Gasteiger partial charge in [0.2, 0.25) is 0 Å². The van der Waals surface area contributed by atoms with Crippen molar-refractivity contribution in [2.45, 2.75) is 52.1 Å². The van der Waals surface area contributed by atoms with Gasteiger partial charge < -0.3 is 5.11 Å². The van der Waals surface area contributed by atoms with Crippen LogP contribution in [0.5, 0.6) is 0 Å². The van der Waals surface area contributed by atoms with Gasteiger partial charge in [0.05, 0.1) is 6.10 Å². The van der Waals surface area contributed by atoms with E-state index in [-0.39, 0.29) is 6.10 Å². The molecule has 1 heteroatoms. The summed E-state index contributed by atoms with van der Waals surface area (Å²) in [6.45, 7) is 4.10. The Bertz CT molecular complexity index is 161. The van der Waals surface area contributed by atoms with Crippen molar-refractivity contribution in [2.75, 3.05) is 0 Å². The van der Waals surface area contributed by atoms with Gasteiger partial charge in [0.25, 0.3) is 0 Å². The lowest BCUT2D eigenvalue weighted by Gasteiger charge is -2.26. The Hall–Kier alpha value is -0.300. The molecule has 0 aliphatic heterocycles. The van der Waals surface area contributed by atoms with Crippen molar-refractivity contribution in [3.05, 3.63) is 12.2 Å². The molecule has 3 unspecified atom stereocenters. The molecule has 76 valence electrons. The third-order valence-electron chi connectivity index (χ3n) is 3.06.